The number of imidazole rings is 1. The van der Waals surface area contributed by atoms with E-state index in [0.717, 1.165) is 56.4 Å². The van der Waals surface area contributed by atoms with Crippen molar-refractivity contribution < 1.29 is 19.8 Å². The summed E-state index contributed by atoms with van der Waals surface area (Å²) in [5, 5.41) is 21.9. The third-order valence-electron chi connectivity index (χ3n) is 10.0. The van der Waals surface area contributed by atoms with E-state index in [2.05, 4.69) is 92.7 Å². The fourth-order valence-corrected chi connectivity index (χ4v) is 7.29. The number of para-hydroxylation sites is 3. The molecule has 7 rings (SSSR count). The molecule has 4 N–H and O–H groups in total. The van der Waals surface area contributed by atoms with Crippen LogP contribution < -0.4 is 11.0 Å². The number of aromatic amines is 1. The first-order valence-electron chi connectivity index (χ1n) is 18.3. The van der Waals surface area contributed by atoms with E-state index in [4.69, 9.17) is 10.2 Å². The van der Waals surface area contributed by atoms with Gasteiger partial charge in [0.05, 0.1) is 11.0 Å². The molecule has 276 valence electrons. The van der Waals surface area contributed by atoms with Crippen molar-refractivity contribution in [1.29, 1.82) is 0 Å². The van der Waals surface area contributed by atoms with Gasteiger partial charge in [-0.25, -0.2) is 14.4 Å². The fraction of sp³-hybridized carbons (Fsp3) is 0.310. The van der Waals surface area contributed by atoms with Crippen molar-refractivity contribution in [3.63, 3.8) is 0 Å². The molecule has 1 saturated heterocycles. The summed E-state index contributed by atoms with van der Waals surface area (Å²) in [6.07, 6.45) is 3.75. The van der Waals surface area contributed by atoms with Crippen LogP contribution in [0.15, 0.2) is 126 Å². The molecule has 1 aliphatic heterocycles. The molecule has 6 aromatic rings. The third-order valence-corrected chi connectivity index (χ3v) is 10.0. The summed E-state index contributed by atoms with van der Waals surface area (Å²) in [7, 11) is 0. The summed E-state index contributed by atoms with van der Waals surface area (Å²) >= 11 is 0. The zero-order chi connectivity index (χ0) is 37.0. The number of fused-ring (bicyclic) bond motifs is 2. The molecule has 0 radical (unpaired) electrons. The van der Waals surface area contributed by atoms with Gasteiger partial charge in [0.15, 0.2) is 0 Å². The minimum atomic E-state index is -1.05. The molecule has 4 aromatic carbocycles. The Labute approximate surface area is 309 Å². The van der Waals surface area contributed by atoms with Crippen molar-refractivity contribution >= 4 is 34.1 Å². The number of nitrogens with one attached hydrogen (secondary N) is 2. The van der Waals surface area contributed by atoms with Gasteiger partial charge >= 0.3 is 17.9 Å². The Bertz CT molecular complexity index is 2080. The van der Waals surface area contributed by atoms with Crippen LogP contribution in [-0.2, 0) is 19.6 Å². The predicted octanol–water partition coefficient (Wildman–Crippen LogP) is 7.65. The van der Waals surface area contributed by atoms with E-state index in [1.165, 1.54) is 26.9 Å². The summed E-state index contributed by atoms with van der Waals surface area (Å²) in [6, 6.07) is 39.3. The highest BCUT2D eigenvalue weighted by Gasteiger charge is 2.24. The lowest BCUT2D eigenvalue weighted by Crippen LogP contribution is -2.37. The molecule has 3 heterocycles. The number of benzene rings is 4. The zero-order valence-electron chi connectivity index (χ0n) is 29.9. The van der Waals surface area contributed by atoms with Gasteiger partial charge in [-0.05, 0) is 78.9 Å². The van der Waals surface area contributed by atoms with Gasteiger partial charge in [0.2, 0.25) is 0 Å². The third kappa shape index (κ3) is 10.2. The maximum absolute atomic E-state index is 12.6. The minimum absolute atomic E-state index is 0.00157. The van der Waals surface area contributed by atoms with Crippen LogP contribution in [0.25, 0.3) is 21.9 Å². The molecule has 53 heavy (non-hydrogen) atoms. The summed E-state index contributed by atoms with van der Waals surface area (Å²) in [5.41, 5.74) is 5.23. The molecular weight excluding hydrogens is 668 g/mol. The topological polar surface area (TPSA) is 136 Å². The number of aromatic nitrogens is 3. The lowest BCUT2D eigenvalue weighted by Gasteiger charge is -2.31. The van der Waals surface area contributed by atoms with E-state index in [9.17, 15) is 14.4 Å². The number of nitrogens with zero attached hydrogens (tertiary/aromatic N) is 4. The molecular formula is C42H48N6O5. The second kappa shape index (κ2) is 18.1. The molecule has 1 aliphatic rings. The van der Waals surface area contributed by atoms with Crippen LogP contribution in [0.1, 0.15) is 42.9 Å². The maximum atomic E-state index is 12.6. The van der Waals surface area contributed by atoms with E-state index in [-0.39, 0.29) is 11.6 Å². The quantitative estimate of drug-likeness (QED) is 0.0970. The Morgan fingerprint density at radius 3 is 2.04 bits per heavy atom. The summed E-state index contributed by atoms with van der Waals surface area (Å²) < 4.78 is 4.00. The SMILES string of the molecule is O=C(O)N1CCC(n2ccc3ccccc32)CC1.O=C(O)NC[C@H](CCCN(Cc1ccccc1)Cc1ccccc1)Cn1c(=O)[nH]c2ccccc21. The molecule has 0 spiro atoms. The number of piperidine rings is 1. The molecule has 1 fully saturated rings. The van der Waals surface area contributed by atoms with Crippen molar-refractivity contribution in [3.8, 4) is 0 Å². The van der Waals surface area contributed by atoms with Crippen LogP contribution in [0.3, 0.4) is 0 Å². The van der Waals surface area contributed by atoms with Crippen LogP contribution in [0.5, 0.6) is 0 Å². The van der Waals surface area contributed by atoms with Crippen molar-refractivity contribution in [3.05, 3.63) is 143 Å². The van der Waals surface area contributed by atoms with Crippen molar-refractivity contribution in [1.82, 2.24) is 29.2 Å². The van der Waals surface area contributed by atoms with E-state index in [0.29, 0.717) is 32.2 Å². The maximum Gasteiger partial charge on any atom is 0.407 e. The first-order valence-corrected chi connectivity index (χ1v) is 18.3. The molecule has 11 nitrogen and oxygen atoms in total. The highest BCUT2D eigenvalue weighted by molar-refractivity contribution is 5.80. The lowest BCUT2D eigenvalue weighted by atomic mass is 10.0. The highest BCUT2D eigenvalue weighted by atomic mass is 16.4. The number of hydrogen-bond acceptors (Lipinski definition) is 4. The van der Waals surface area contributed by atoms with Crippen LogP contribution in [0.2, 0.25) is 0 Å². The molecule has 1 atom stereocenters. The molecule has 2 amide bonds. The number of carbonyl (C=O) groups is 2. The number of rotatable bonds is 13. The summed E-state index contributed by atoms with van der Waals surface area (Å²) in [6.45, 7) is 4.58. The molecule has 0 unspecified atom stereocenters. The first-order chi connectivity index (χ1) is 25.8. The second-order valence-corrected chi connectivity index (χ2v) is 13.7. The minimum Gasteiger partial charge on any atom is -0.465 e. The summed E-state index contributed by atoms with van der Waals surface area (Å²) in [4.78, 5) is 41.4. The Morgan fingerprint density at radius 1 is 0.792 bits per heavy atom. The predicted molar refractivity (Wildman–Crippen MR) is 208 cm³/mol. The van der Waals surface area contributed by atoms with Gasteiger partial charge in [-0.3, -0.25) is 9.47 Å². The standard InChI is InChI=1S/C28H32N4O3.C14H16N2O2/c33-27-30-25-15-7-8-16-26(25)32(27)21-24(18-29-28(34)35)14-9-17-31(19-22-10-3-1-4-11-22)20-23-12-5-2-6-13-23;17-14(18)15-8-6-12(7-9-15)16-10-5-11-3-1-2-4-13(11)16/h1-8,10-13,15-16,24,29H,9,14,17-21H2,(H,30,33)(H,34,35);1-5,10,12H,6-9H2,(H,17,18)/t24-;/m0./s1. The molecule has 0 saturated carbocycles. The number of carboxylic acid groups (broad SMARTS) is 2. The van der Waals surface area contributed by atoms with Crippen molar-refractivity contribution in [2.75, 3.05) is 26.2 Å². The van der Waals surface area contributed by atoms with E-state index in [1.807, 2.05) is 48.5 Å². The van der Waals surface area contributed by atoms with E-state index >= 15 is 0 Å². The van der Waals surface area contributed by atoms with E-state index < -0.39 is 12.2 Å². The Kier molecular flexibility index (Phi) is 12.6. The van der Waals surface area contributed by atoms with Gasteiger partial charge in [0.25, 0.3) is 0 Å². The van der Waals surface area contributed by atoms with Crippen LogP contribution >= 0.6 is 0 Å². The normalized spacial score (nSPS) is 13.9. The first kappa shape index (κ1) is 37.0. The monoisotopic (exact) mass is 716 g/mol. The molecule has 0 aliphatic carbocycles. The number of H-pyrrole nitrogens is 1. The number of amides is 2. The van der Waals surface area contributed by atoms with Crippen LogP contribution in [0, 0.1) is 5.92 Å². The molecule has 11 heteroatoms. The van der Waals surface area contributed by atoms with Gasteiger partial charge < -0.3 is 30.0 Å². The van der Waals surface area contributed by atoms with Gasteiger partial charge in [-0.2, -0.15) is 0 Å². The highest BCUT2D eigenvalue weighted by Crippen LogP contribution is 2.27. The average Bonchev–Trinajstić information content (AvgIpc) is 3.75. The smallest absolute Gasteiger partial charge is 0.407 e. The number of likely N-dealkylation sites (tertiary alicyclic amines) is 1. The van der Waals surface area contributed by atoms with Crippen molar-refractivity contribution in [2.24, 2.45) is 5.92 Å². The molecule has 0 bridgehead atoms. The number of hydrogen-bond donors (Lipinski definition) is 4. The Morgan fingerprint density at radius 2 is 1.40 bits per heavy atom. The Balaban J connectivity index is 0.000000222. The van der Waals surface area contributed by atoms with Gasteiger partial charge in [-0.1, -0.05) is 91.0 Å². The Hall–Kier alpha value is -5.81. The van der Waals surface area contributed by atoms with Gasteiger partial charge in [0.1, 0.15) is 0 Å². The fourth-order valence-electron chi connectivity index (χ4n) is 7.29. The van der Waals surface area contributed by atoms with Crippen LogP contribution in [-0.4, -0.2) is 72.5 Å². The summed E-state index contributed by atoms with van der Waals surface area (Å²) in [5.74, 6) is -0.00157. The zero-order valence-corrected chi connectivity index (χ0v) is 29.9. The largest absolute Gasteiger partial charge is 0.465 e. The van der Waals surface area contributed by atoms with Crippen LogP contribution in [0.4, 0.5) is 9.59 Å². The average molecular weight is 717 g/mol. The van der Waals surface area contributed by atoms with Gasteiger partial charge in [0, 0.05) is 57.0 Å². The van der Waals surface area contributed by atoms with E-state index in [1.54, 1.807) is 4.57 Å². The lowest BCUT2D eigenvalue weighted by molar-refractivity contribution is 0.126. The molecule has 2 aromatic heterocycles. The second-order valence-electron chi connectivity index (χ2n) is 13.7. The van der Waals surface area contributed by atoms with Crippen molar-refractivity contribution in [2.45, 2.75) is 51.4 Å². The van der Waals surface area contributed by atoms with Gasteiger partial charge in [-0.15, -0.1) is 0 Å².